The van der Waals surface area contributed by atoms with E-state index in [1.54, 1.807) is 0 Å². The highest BCUT2D eigenvalue weighted by atomic mass is 16.5. The zero-order chi connectivity index (χ0) is 17.8. The molecule has 1 saturated carbocycles. The number of carbonyl (C=O) groups is 1. The van der Waals surface area contributed by atoms with Gasteiger partial charge in [-0.2, -0.15) is 0 Å². The Labute approximate surface area is 154 Å². The summed E-state index contributed by atoms with van der Waals surface area (Å²) in [6, 6.07) is 17.8. The Bertz CT molecular complexity index is 742. The molecule has 0 bridgehead atoms. The van der Waals surface area contributed by atoms with E-state index in [0.717, 1.165) is 6.42 Å². The van der Waals surface area contributed by atoms with E-state index in [4.69, 9.17) is 9.47 Å². The number of para-hydroxylation sites is 1. The lowest BCUT2D eigenvalue weighted by atomic mass is 10.1. The molecule has 1 heterocycles. The Morgan fingerprint density at radius 2 is 1.85 bits per heavy atom. The van der Waals surface area contributed by atoms with Crippen LogP contribution < -0.4 is 4.74 Å². The summed E-state index contributed by atoms with van der Waals surface area (Å²) in [7, 11) is 0. The lowest BCUT2D eigenvalue weighted by Gasteiger charge is -2.33. The van der Waals surface area contributed by atoms with Crippen LogP contribution in [-0.4, -0.2) is 43.2 Å². The molecular formula is C22H25NO3. The lowest BCUT2D eigenvalue weighted by molar-refractivity contribution is -0.0314. The molecule has 0 spiro atoms. The second-order valence-corrected chi connectivity index (χ2v) is 7.08. The summed E-state index contributed by atoms with van der Waals surface area (Å²) in [6.07, 6.45) is 3.49. The molecule has 26 heavy (non-hydrogen) atoms. The number of hydrogen-bond donors (Lipinski definition) is 0. The van der Waals surface area contributed by atoms with Crippen molar-refractivity contribution in [3.63, 3.8) is 0 Å². The van der Waals surface area contributed by atoms with Crippen LogP contribution in [0.3, 0.4) is 0 Å². The molecule has 136 valence electrons. The average Bonchev–Trinajstić information content (AvgIpc) is 3.54. The van der Waals surface area contributed by atoms with Gasteiger partial charge in [-0.15, -0.1) is 0 Å². The Kier molecular flexibility index (Phi) is 5.21. The molecule has 0 radical (unpaired) electrons. The van der Waals surface area contributed by atoms with Gasteiger partial charge >= 0.3 is 0 Å². The minimum Gasteiger partial charge on any atom is -0.492 e. The number of carbonyl (C=O) groups excluding carboxylic acids is 1. The van der Waals surface area contributed by atoms with E-state index in [1.165, 1.54) is 18.4 Å². The molecular weight excluding hydrogens is 326 g/mol. The molecule has 0 N–H and O–H groups in total. The van der Waals surface area contributed by atoms with Crippen LogP contribution in [0.5, 0.6) is 5.75 Å². The number of rotatable bonds is 6. The molecule has 0 aromatic heterocycles. The molecule has 2 fully saturated rings. The van der Waals surface area contributed by atoms with Crippen LogP contribution in [0, 0.1) is 5.92 Å². The van der Waals surface area contributed by atoms with Gasteiger partial charge in [-0.05, 0) is 36.5 Å². The van der Waals surface area contributed by atoms with Crippen LogP contribution in [-0.2, 0) is 11.2 Å². The first-order chi connectivity index (χ1) is 12.8. The van der Waals surface area contributed by atoms with Crippen LogP contribution in [0.25, 0.3) is 0 Å². The zero-order valence-corrected chi connectivity index (χ0v) is 15.0. The fourth-order valence-electron chi connectivity index (χ4n) is 3.48. The highest BCUT2D eigenvalue weighted by Gasteiger charge is 2.36. The Balaban J connectivity index is 1.40. The molecule has 4 rings (SSSR count). The zero-order valence-electron chi connectivity index (χ0n) is 15.0. The molecule has 4 nitrogen and oxygen atoms in total. The maximum absolute atomic E-state index is 13.0. The van der Waals surface area contributed by atoms with Crippen LogP contribution >= 0.6 is 0 Å². The van der Waals surface area contributed by atoms with E-state index in [-0.39, 0.29) is 12.0 Å². The monoisotopic (exact) mass is 351 g/mol. The molecule has 4 heteroatoms. The minimum absolute atomic E-state index is 0.0502. The third kappa shape index (κ3) is 4.07. The number of hydrogen-bond acceptors (Lipinski definition) is 3. The van der Waals surface area contributed by atoms with Crippen molar-refractivity contribution in [3.8, 4) is 5.75 Å². The van der Waals surface area contributed by atoms with Gasteiger partial charge in [-0.3, -0.25) is 4.79 Å². The molecule has 1 amide bonds. The summed E-state index contributed by atoms with van der Waals surface area (Å²) in [6.45, 7) is 2.54. The van der Waals surface area contributed by atoms with Crippen molar-refractivity contribution < 1.29 is 14.3 Å². The topological polar surface area (TPSA) is 38.8 Å². The normalized spacial score (nSPS) is 20.0. The lowest BCUT2D eigenvalue weighted by Crippen LogP contribution is -2.46. The summed E-state index contributed by atoms with van der Waals surface area (Å²) in [5.74, 6) is 1.36. The molecule has 0 unspecified atom stereocenters. The smallest absolute Gasteiger partial charge is 0.257 e. The number of nitrogens with zero attached hydrogens (tertiary/aromatic N) is 1. The predicted molar refractivity (Wildman–Crippen MR) is 100 cm³/mol. The van der Waals surface area contributed by atoms with E-state index in [0.29, 0.717) is 43.5 Å². The number of ether oxygens (including phenoxy) is 2. The molecule has 1 aliphatic heterocycles. The molecule has 1 atom stereocenters. The Morgan fingerprint density at radius 1 is 1.08 bits per heavy atom. The highest BCUT2D eigenvalue weighted by molar-refractivity contribution is 5.97. The van der Waals surface area contributed by atoms with Gasteiger partial charge in [0.25, 0.3) is 5.91 Å². The average molecular weight is 351 g/mol. The van der Waals surface area contributed by atoms with Crippen molar-refractivity contribution in [3.05, 3.63) is 65.7 Å². The van der Waals surface area contributed by atoms with Crippen LogP contribution in [0.1, 0.15) is 28.8 Å². The van der Waals surface area contributed by atoms with Gasteiger partial charge < -0.3 is 14.4 Å². The highest BCUT2D eigenvalue weighted by Crippen LogP contribution is 2.36. The molecule has 1 saturated heterocycles. The van der Waals surface area contributed by atoms with Gasteiger partial charge in [0.15, 0.2) is 0 Å². The largest absolute Gasteiger partial charge is 0.492 e. The maximum Gasteiger partial charge on any atom is 0.257 e. The van der Waals surface area contributed by atoms with Crippen molar-refractivity contribution in [1.29, 1.82) is 0 Å². The summed E-state index contributed by atoms with van der Waals surface area (Å²) >= 11 is 0. The predicted octanol–water partition coefficient (Wildman–Crippen LogP) is 3.56. The fourth-order valence-corrected chi connectivity index (χ4v) is 3.48. The third-order valence-electron chi connectivity index (χ3n) is 5.14. The first-order valence-electron chi connectivity index (χ1n) is 9.48. The van der Waals surface area contributed by atoms with Crippen molar-refractivity contribution in [2.24, 2.45) is 5.92 Å². The van der Waals surface area contributed by atoms with Gasteiger partial charge in [-0.1, -0.05) is 42.5 Å². The van der Waals surface area contributed by atoms with Crippen LogP contribution in [0.4, 0.5) is 0 Å². The van der Waals surface area contributed by atoms with Crippen molar-refractivity contribution in [2.75, 3.05) is 26.3 Å². The summed E-state index contributed by atoms with van der Waals surface area (Å²) < 4.78 is 11.8. The van der Waals surface area contributed by atoms with Crippen molar-refractivity contribution >= 4 is 5.91 Å². The first kappa shape index (κ1) is 17.1. The van der Waals surface area contributed by atoms with Crippen LogP contribution in [0.15, 0.2) is 54.6 Å². The van der Waals surface area contributed by atoms with Gasteiger partial charge in [0.1, 0.15) is 5.75 Å². The van der Waals surface area contributed by atoms with E-state index in [2.05, 4.69) is 12.1 Å². The standard InChI is InChI=1S/C22H25NO3/c24-22(23-13-15-26-21(16-23)18-10-11-18)19-8-4-5-9-20(19)25-14-12-17-6-2-1-3-7-17/h1-9,18,21H,10-16H2/t21-/m0/s1. The minimum atomic E-state index is 0.0502. The quantitative estimate of drug-likeness (QED) is 0.799. The molecule has 2 aliphatic rings. The second-order valence-electron chi connectivity index (χ2n) is 7.08. The van der Waals surface area contributed by atoms with E-state index >= 15 is 0 Å². The van der Waals surface area contributed by atoms with E-state index in [1.807, 2.05) is 47.4 Å². The SMILES string of the molecule is O=C(c1ccccc1OCCc1ccccc1)N1CCO[C@H](C2CC2)C1. The summed E-state index contributed by atoms with van der Waals surface area (Å²) in [4.78, 5) is 15.0. The number of amides is 1. The first-order valence-corrected chi connectivity index (χ1v) is 9.48. The number of benzene rings is 2. The van der Waals surface area contributed by atoms with Gasteiger partial charge in [-0.25, -0.2) is 0 Å². The van der Waals surface area contributed by atoms with Gasteiger partial charge in [0.05, 0.1) is 24.9 Å². The Morgan fingerprint density at radius 3 is 2.65 bits per heavy atom. The summed E-state index contributed by atoms with van der Waals surface area (Å²) in [5, 5.41) is 0. The summed E-state index contributed by atoms with van der Waals surface area (Å²) in [5.41, 5.74) is 1.88. The van der Waals surface area contributed by atoms with Gasteiger partial charge in [0, 0.05) is 19.5 Å². The molecule has 2 aromatic rings. The van der Waals surface area contributed by atoms with Crippen LogP contribution in [0.2, 0.25) is 0 Å². The van der Waals surface area contributed by atoms with Crippen molar-refractivity contribution in [2.45, 2.75) is 25.4 Å². The maximum atomic E-state index is 13.0. The second kappa shape index (κ2) is 7.92. The van der Waals surface area contributed by atoms with Gasteiger partial charge in [0.2, 0.25) is 0 Å². The molecule has 2 aromatic carbocycles. The molecule has 1 aliphatic carbocycles. The number of morpholine rings is 1. The fraction of sp³-hybridized carbons (Fsp3) is 0.409. The van der Waals surface area contributed by atoms with E-state index in [9.17, 15) is 4.79 Å². The van der Waals surface area contributed by atoms with Crippen molar-refractivity contribution in [1.82, 2.24) is 4.90 Å². The van der Waals surface area contributed by atoms with E-state index < -0.39 is 0 Å². The third-order valence-corrected chi connectivity index (χ3v) is 5.14. The Hall–Kier alpha value is -2.33.